The van der Waals surface area contributed by atoms with Crippen LogP contribution < -0.4 is 4.72 Å². The molecule has 0 unspecified atom stereocenters. The number of hydrogen-bond acceptors (Lipinski definition) is 5. The lowest BCUT2D eigenvalue weighted by Crippen LogP contribution is -2.14. The monoisotopic (exact) mass is 358 g/mol. The van der Waals surface area contributed by atoms with E-state index in [2.05, 4.69) is 9.82 Å². The number of nitrogens with zero attached hydrogens (tertiary/aromatic N) is 3. The standard InChI is InChI=1S/C16H14N4O4S/c21-20(22)15-4-1-2-5-16(15)25(23,24)18-14-8-6-13(7-9-14)12-19-11-3-10-17-19/h1-11,18H,12H2. The molecule has 128 valence electrons. The molecule has 0 atom stereocenters. The van der Waals surface area contributed by atoms with E-state index in [0.29, 0.717) is 12.2 Å². The van der Waals surface area contributed by atoms with Crippen LogP contribution in [0.2, 0.25) is 0 Å². The second kappa shape index (κ2) is 6.73. The van der Waals surface area contributed by atoms with Crippen LogP contribution in [0.15, 0.2) is 71.9 Å². The number of rotatable bonds is 6. The topological polar surface area (TPSA) is 107 Å². The third kappa shape index (κ3) is 3.83. The first-order chi connectivity index (χ1) is 12.0. The summed E-state index contributed by atoms with van der Waals surface area (Å²) in [5, 5.41) is 15.1. The molecule has 3 rings (SSSR count). The molecule has 2 aromatic carbocycles. The molecule has 0 amide bonds. The molecular formula is C16H14N4O4S. The lowest BCUT2D eigenvalue weighted by Gasteiger charge is -2.09. The second-order valence-electron chi connectivity index (χ2n) is 5.23. The van der Waals surface area contributed by atoms with Crippen LogP contribution in [0.5, 0.6) is 0 Å². The fraction of sp³-hybridized carbons (Fsp3) is 0.0625. The van der Waals surface area contributed by atoms with E-state index in [1.54, 1.807) is 35.1 Å². The summed E-state index contributed by atoms with van der Waals surface area (Å²) in [6, 6.07) is 13.8. The third-order valence-corrected chi connectivity index (χ3v) is 4.89. The molecule has 3 aromatic rings. The SMILES string of the molecule is O=[N+]([O-])c1ccccc1S(=O)(=O)Nc1ccc(Cn2cccn2)cc1. The molecule has 0 aliphatic rings. The fourth-order valence-corrected chi connectivity index (χ4v) is 3.54. The van der Waals surface area contributed by atoms with E-state index in [1.165, 1.54) is 18.2 Å². The van der Waals surface area contributed by atoms with Crippen LogP contribution in [0.1, 0.15) is 5.56 Å². The first-order valence-corrected chi connectivity index (χ1v) is 8.77. The molecule has 8 nitrogen and oxygen atoms in total. The van der Waals surface area contributed by atoms with Gasteiger partial charge in [-0.25, -0.2) is 8.42 Å². The highest BCUT2D eigenvalue weighted by molar-refractivity contribution is 7.92. The molecule has 0 fully saturated rings. The van der Waals surface area contributed by atoms with Crippen molar-refractivity contribution in [1.29, 1.82) is 0 Å². The molecule has 1 heterocycles. The summed E-state index contributed by atoms with van der Waals surface area (Å²) in [6.45, 7) is 0.560. The van der Waals surface area contributed by atoms with Gasteiger partial charge in [0.2, 0.25) is 0 Å². The van der Waals surface area contributed by atoms with Gasteiger partial charge < -0.3 is 0 Å². The maximum Gasteiger partial charge on any atom is 0.289 e. The summed E-state index contributed by atoms with van der Waals surface area (Å²) in [5.74, 6) is 0. The zero-order valence-electron chi connectivity index (χ0n) is 12.9. The summed E-state index contributed by atoms with van der Waals surface area (Å²) in [4.78, 5) is 9.93. The van der Waals surface area contributed by atoms with Crippen molar-refractivity contribution in [3.05, 3.63) is 82.7 Å². The molecule has 25 heavy (non-hydrogen) atoms. The minimum atomic E-state index is -4.06. The Morgan fingerprint density at radius 1 is 1.08 bits per heavy atom. The number of hydrogen-bond donors (Lipinski definition) is 1. The minimum Gasteiger partial charge on any atom is -0.279 e. The van der Waals surface area contributed by atoms with Crippen molar-refractivity contribution in [1.82, 2.24) is 9.78 Å². The smallest absolute Gasteiger partial charge is 0.279 e. The highest BCUT2D eigenvalue weighted by Crippen LogP contribution is 2.25. The Morgan fingerprint density at radius 2 is 1.80 bits per heavy atom. The van der Waals surface area contributed by atoms with Crippen LogP contribution in [-0.4, -0.2) is 23.1 Å². The summed E-state index contributed by atoms with van der Waals surface area (Å²) >= 11 is 0. The van der Waals surface area contributed by atoms with Crippen molar-refractivity contribution in [2.45, 2.75) is 11.4 Å². The summed E-state index contributed by atoms with van der Waals surface area (Å²) in [5.41, 5.74) is 0.796. The van der Waals surface area contributed by atoms with Crippen molar-refractivity contribution < 1.29 is 13.3 Å². The number of nitrogens with one attached hydrogen (secondary N) is 1. The molecule has 1 N–H and O–H groups in total. The van der Waals surface area contributed by atoms with Gasteiger partial charge in [-0.3, -0.25) is 19.5 Å². The van der Waals surface area contributed by atoms with E-state index in [0.717, 1.165) is 11.6 Å². The van der Waals surface area contributed by atoms with Gasteiger partial charge in [0, 0.05) is 24.1 Å². The highest BCUT2D eigenvalue weighted by atomic mass is 32.2. The predicted molar refractivity (Wildman–Crippen MR) is 91.7 cm³/mol. The molecule has 0 aliphatic carbocycles. The van der Waals surface area contributed by atoms with Crippen LogP contribution >= 0.6 is 0 Å². The zero-order valence-corrected chi connectivity index (χ0v) is 13.8. The van der Waals surface area contributed by atoms with Crippen molar-refractivity contribution >= 4 is 21.4 Å². The van der Waals surface area contributed by atoms with Crippen molar-refractivity contribution in [3.8, 4) is 0 Å². The van der Waals surface area contributed by atoms with Gasteiger partial charge in [-0.05, 0) is 29.8 Å². The molecule has 0 bridgehead atoms. The van der Waals surface area contributed by atoms with Gasteiger partial charge in [-0.2, -0.15) is 5.10 Å². The average molecular weight is 358 g/mol. The number of para-hydroxylation sites is 1. The molecule has 0 radical (unpaired) electrons. The minimum absolute atomic E-state index is 0.322. The van der Waals surface area contributed by atoms with Gasteiger partial charge in [0.05, 0.1) is 11.5 Å². The van der Waals surface area contributed by atoms with E-state index in [1.807, 2.05) is 12.3 Å². The molecular weight excluding hydrogens is 344 g/mol. The Bertz CT molecular complexity index is 983. The van der Waals surface area contributed by atoms with Crippen LogP contribution in [0.3, 0.4) is 0 Å². The van der Waals surface area contributed by atoms with E-state index in [4.69, 9.17) is 0 Å². The number of anilines is 1. The Balaban J connectivity index is 1.81. The molecule has 0 saturated carbocycles. The summed E-state index contributed by atoms with van der Waals surface area (Å²) in [6.07, 6.45) is 3.50. The maximum atomic E-state index is 12.4. The predicted octanol–water partition coefficient (Wildman–Crippen LogP) is 2.64. The average Bonchev–Trinajstić information content (AvgIpc) is 3.09. The van der Waals surface area contributed by atoms with Crippen LogP contribution in [-0.2, 0) is 16.6 Å². The van der Waals surface area contributed by atoms with Crippen molar-refractivity contribution in [2.75, 3.05) is 4.72 Å². The van der Waals surface area contributed by atoms with Gasteiger partial charge in [0.15, 0.2) is 4.90 Å². The highest BCUT2D eigenvalue weighted by Gasteiger charge is 2.25. The molecule has 0 spiro atoms. The maximum absolute atomic E-state index is 12.4. The second-order valence-corrected chi connectivity index (χ2v) is 6.88. The van der Waals surface area contributed by atoms with E-state index < -0.39 is 20.6 Å². The molecule has 0 aliphatic heterocycles. The first-order valence-electron chi connectivity index (χ1n) is 7.28. The number of aromatic nitrogens is 2. The zero-order chi connectivity index (χ0) is 17.9. The Hall–Kier alpha value is -3.20. The number of benzene rings is 2. The van der Waals surface area contributed by atoms with Crippen LogP contribution in [0.25, 0.3) is 0 Å². The van der Waals surface area contributed by atoms with Crippen molar-refractivity contribution in [3.63, 3.8) is 0 Å². The Labute approximate surface area is 143 Å². The van der Waals surface area contributed by atoms with Crippen LogP contribution in [0, 0.1) is 10.1 Å². The van der Waals surface area contributed by atoms with Gasteiger partial charge in [-0.15, -0.1) is 0 Å². The van der Waals surface area contributed by atoms with E-state index in [-0.39, 0.29) is 4.90 Å². The van der Waals surface area contributed by atoms with Gasteiger partial charge in [0.25, 0.3) is 15.7 Å². The lowest BCUT2D eigenvalue weighted by atomic mass is 10.2. The summed E-state index contributed by atoms with van der Waals surface area (Å²) < 4.78 is 29.0. The fourth-order valence-electron chi connectivity index (χ4n) is 2.30. The first kappa shape index (κ1) is 16.7. The van der Waals surface area contributed by atoms with E-state index in [9.17, 15) is 18.5 Å². The lowest BCUT2D eigenvalue weighted by molar-refractivity contribution is -0.387. The van der Waals surface area contributed by atoms with Gasteiger partial charge in [-0.1, -0.05) is 24.3 Å². The Kier molecular flexibility index (Phi) is 4.48. The molecule has 9 heteroatoms. The molecule has 0 saturated heterocycles. The molecule has 1 aromatic heterocycles. The van der Waals surface area contributed by atoms with Crippen LogP contribution in [0.4, 0.5) is 11.4 Å². The number of sulfonamides is 1. The van der Waals surface area contributed by atoms with Gasteiger partial charge >= 0.3 is 0 Å². The quantitative estimate of drug-likeness (QED) is 0.538. The third-order valence-electron chi connectivity index (χ3n) is 3.46. The largest absolute Gasteiger partial charge is 0.289 e. The number of nitro benzene ring substituents is 1. The summed E-state index contributed by atoms with van der Waals surface area (Å²) in [7, 11) is -4.06. The van der Waals surface area contributed by atoms with Gasteiger partial charge in [0.1, 0.15) is 0 Å². The number of nitro groups is 1. The van der Waals surface area contributed by atoms with Crippen molar-refractivity contribution in [2.24, 2.45) is 0 Å². The Morgan fingerprint density at radius 3 is 2.44 bits per heavy atom. The van der Waals surface area contributed by atoms with E-state index >= 15 is 0 Å². The normalized spacial score (nSPS) is 11.2.